The first kappa shape index (κ1) is 16.5. The summed E-state index contributed by atoms with van der Waals surface area (Å²) < 4.78 is 11.3. The van der Waals surface area contributed by atoms with Crippen molar-refractivity contribution in [2.75, 3.05) is 6.61 Å². The van der Waals surface area contributed by atoms with E-state index in [-0.39, 0.29) is 18.1 Å². The molecule has 22 heavy (non-hydrogen) atoms. The van der Waals surface area contributed by atoms with Gasteiger partial charge in [0.15, 0.2) is 17.6 Å². The van der Waals surface area contributed by atoms with Crippen LogP contribution in [0.4, 0.5) is 0 Å². The molecule has 0 radical (unpaired) electrons. The first-order valence-electron chi connectivity index (χ1n) is 6.79. The van der Waals surface area contributed by atoms with Gasteiger partial charge in [-0.15, -0.1) is 0 Å². The van der Waals surface area contributed by atoms with Gasteiger partial charge in [-0.1, -0.05) is 0 Å². The fourth-order valence-electron chi connectivity index (χ4n) is 1.82. The topological polar surface area (TPSA) is 68.7 Å². The Labute approximate surface area is 142 Å². The van der Waals surface area contributed by atoms with Gasteiger partial charge in [0.25, 0.3) is 0 Å². The van der Waals surface area contributed by atoms with E-state index in [1.807, 2.05) is 12.1 Å². The molecule has 0 aliphatic carbocycles. The summed E-state index contributed by atoms with van der Waals surface area (Å²) in [6.07, 6.45) is 0.966. The number of benzene rings is 1. The summed E-state index contributed by atoms with van der Waals surface area (Å²) >= 11 is 2.18. The lowest BCUT2D eigenvalue weighted by Gasteiger charge is -2.14. The summed E-state index contributed by atoms with van der Waals surface area (Å²) in [6, 6.07) is 8.76. The minimum atomic E-state index is -0.784. The Hall–Kier alpha value is -1.83. The normalized spacial score (nSPS) is 11.8. The van der Waals surface area contributed by atoms with Crippen molar-refractivity contribution in [2.24, 2.45) is 0 Å². The van der Waals surface area contributed by atoms with Crippen LogP contribution in [0.3, 0.4) is 0 Å². The Bertz CT molecular complexity index is 658. The number of pyridine rings is 1. The average molecular weight is 413 g/mol. The number of nitrogens with zero attached hydrogens (tertiary/aromatic N) is 1. The molecule has 1 unspecified atom stereocenters. The quantitative estimate of drug-likeness (QED) is 0.601. The molecule has 1 heterocycles. The number of aromatic nitrogens is 1. The molecule has 0 bridgehead atoms. The maximum atomic E-state index is 11.5. The zero-order valence-electron chi connectivity index (χ0n) is 12.2. The first-order valence-corrected chi connectivity index (χ1v) is 7.87. The Morgan fingerprint density at radius 1 is 1.36 bits per heavy atom. The van der Waals surface area contributed by atoms with E-state index in [0.29, 0.717) is 0 Å². The SMILES string of the molecule is CCOC(=O)C(C)Oc1ccc(-c2ccc(I)cn2)cc1O. The van der Waals surface area contributed by atoms with Crippen LogP contribution in [-0.2, 0) is 9.53 Å². The molecule has 0 spiro atoms. The number of aromatic hydroxyl groups is 1. The van der Waals surface area contributed by atoms with Gasteiger partial charge in [-0.2, -0.15) is 0 Å². The highest BCUT2D eigenvalue weighted by Crippen LogP contribution is 2.31. The van der Waals surface area contributed by atoms with Gasteiger partial charge in [-0.3, -0.25) is 4.98 Å². The summed E-state index contributed by atoms with van der Waals surface area (Å²) in [5, 5.41) is 10.1. The number of hydrogen-bond acceptors (Lipinski definition) is 5. The molecule has 0 aliphatic rings. The summed E-state index contributed by atoms with van der Waals surface area (Å²) in [5.41, 5.74) is 1.52. The molecule has 0 aliphatic heterocycles. The van der Waals surface area contributed by atoms with Crippen molar-refractivity contribution in [3.05, 3.63) is 40.1 Å². The number of ether oxygens (including phenoxy) is 2. The number of phenolic OH excluding ortho intramolecular Hbond substituents is 1. The van der Waals surface area contributed by atoms with Gasteiger partial charge in [0.05, 0.1) is 12.3 Å². The van der Waals surface area contributed by atoms with Crippen molar-refractivity contribution >= 4 is 28.6 Å². The largest absolute Gasteiger partial charge is 0.504 e. The highest BCUT2D eigenvalue weighted by molar-refractivity contribution is 14.1. The lowest BCUT2D eigenvalue weighted by molar-refractivity contribution is -0.150. The molecule has 1 aromatic carbocycles. The van der Waals surface area contributed by atoms with Gasteiger partial charge in [0, 0.05) is 15.3 Å². The predicted octanol–water partition coefficient (Wildman–Crippen LogP) is 3.39. The van der Waals surface area contributed by atoms with Crippen LogP contribution in [0.15, 0.2) is 36.5 Å². The summed E-state index contributed by atoms with van der Waals surface area (Å²) in [7, 11) is 0. The number of carbonyl (C=O) groups is 1. The predicted molar refractivity (Wildman–Crippen MR) is 90.8 cm³/mol. The first-order chi connectivity index (χ1) is 10.5. The van der Waals surface area contributed by atoms with E-state index in [1.54, 1.807) is 38.2 Å². The fraction of sp³-hybridized carbons (Fsp3) is 0.250. The van der Waals surface area contributed by atoms with Crippen LogP contribution in [0.5, 0.6) is 11.5 Å². The minimum absolute atomic E-state index is 0.0472. The van der Waals surface area contributed by atoms with Crippen molar-refractivity contribution in [2.45, 2.75) is 20.0 Å². The highest BCUT2D eigenvalue weighted by atomic mass is 127. The molecular formula is C16H16INO4. The monoisotopic (exact) mass is 413 g/mol. The molecule has 2 rings (SSSR count). The fourth-order valence-corrected chi connectivity index (χ4v) is 2.14. The van der Waals surface area contributed by atoms with Crippen LogP contribution in [0, 0.1) is 3.57 Å². The number of hydrogen-bond donors (Lipinski definition) is 1. The Morgan fingerprint density at radius 3 is 2.73 bits per heavy atom. The second kappa shape index (κ2) is 7.44. The van der Waals surface area contributed by atoms with Gasteiger partial charge in [-0.25, -0.2) is 4.79 Å². The molecule has 0 saturated carbocycles. The lowest BCUT2D eigenvalue weighted by atomic mass is 10.1. The van der Waals surface area contributed by atoms with Crippen LogP contribution < -0.4 is 4.74 Å². The average Bonchev–Trinajstić information content (AvgIpc) is 2.50. The number of esters is 1. The second-order valence-electron chi connectivity index (χ2n) is 4.56. The Kier molecular flexibility index (Phi) is 5.59. The lowest BCUT2D eigenvalue weighted by Crippen LogP contribution is -2.26. The van der Waals surface area contributed by atoms with E-state index < -0.39 is 12.1 Å². The smallest absolute Gasteiger partial charge is 0.347 e. The van der Waals surface area contributed by atoms with Crippen molar-refractivity contribution in [1.82, 2.24) is 4.98 Å². The van der Waals surface area contributed by atoms with Crippen molar-refractivity contribution in [3.8, 4) is 22.8 Å². The molecule has 6 heteroatoms. The molecule has 0 amide bonds. The third kappa shape index (κ3) is 4.09. The van der Waals surface area contributed by atoms with Gasteiger partial charge in [0.1, 0.15) is 0 Å². The van der Waals surface area contributed by atoms with Crippen LogP contribution in [-0.4, -0.2) is 28.8 Å². The molecule has 0 saturated heterocycles. The van der Waals surface area contributed by atoms with Gasteiger partial charge in [0.2, 0.25) is 0 Å². The summed E-state index contributed by atoms with van der Waals surface area (Å²) in [4.78, 5) is 15.8. The maximum Gasteiger partial charge on any atom is 0.347 e. The number of rotatable bonds is 5. The molecule has 1 N–H and O–H groups in total. The van der Waals surface area contributed by atoms with Crippen molar-refractivity contribution in [1.29, 1.82) is 0 Å². The van der Waals surface area contributed by atoms with E-state index in [2.05, 4.69) is 27.6 Å². The molecule has 2 aromatic rings. The number of halogens is 1. The third-order valence-corrected chi connectivity index (χ3v) is 3.54. The molecule has 1 atom stereocenters. The Balaban J connectivity index is 2.16. The third-order valence-electron chi connectivity index (χ3n) is 2.90. The molecule has 0 fully saturated rings. The molecule has 116 valence electrons. The molecular weight excluding hydrogens is 397 g/mol. The van der Waals surface area contributed by atoms with Crippen LogP contribution in [0.1, 0.15) is 13.8 Å². The number of phenols is 1. The van der Waals surface area contributed by atoms with E-state index in [9.17, 15) is 9.90 Å². The van der Waals surface area contributed by atoms with Gasteiger partial charge in [-0.05, 0) is 66.8 Å². The van der Waals surface area contributed by atoms with Crippen LogP contribution >= 0.6 is 22.6 Å². The van der Waals surface area contributed by atoms with Crippen LogP contribution in [0.25, 0.3) is 11.3 Å². The van der Waals surface area contributed by atoms with E-state index in [1.165, 1.54) is 0 Å². The highest BCUT2D eigenvalue weighted by Gasteiger charge is 2.17. The van der Waals surface area contributed by atoms with E-state index in [4.69, 9.17) is 9.47 Å². The molecule has 1 aromatic heterocycles. The summed E-state index contributed by atoms with van der Waals surface area (Å²) in [6.45, 7) is 3.59. The minimum Gasteiger partial charge on any atom is -0.504 e. The van der Waals surface area contributed by atoms with Crippen molar-refractivity contribution < 1.29 is 19.4 Å². The van der Waals surface area contributed by atoms with Crippen molar-refractivity contribution in [3.63, 3.8) is 0 Å². The summed E-state index contributed by atoms with van der Waals surface area (Å²) in [5.74, 6) is -0.283. The van der Waals surface area contributed by atoms with Gasteiger partial charge >= 0.3 is 5.97 Å². The maximum absolute atomic E-state index is 11.5. The van der Waals surface area contributed by atoms with Gasteiger partial charge < -0.3 is 14.6 Å². The zero-order valence-corrected chi connectivity index (χ0v) is 14.4. The van der Waals surface area contributed by atoms with Crippen LogP contribution in [0.2, 0.25) is 0 Å². The standard InChI is InChI=1S/C16H16INO4/c1-3-21-16(20)10(2)22-15-7-4-11(8-14(15)19)13-6-5-12(17)9-18-13/h4-10,19H,3H2,1-2H3. The van der Waals surface area contributed by atoms with E-state index in [0.717, 1.165) is 14.8 Å². The Morgan fingerprint density at radius 2 is 2.14 bits per heavy atom. The number of carbonyl (C=O) groups excluding carboxylic acids is 1. The second-order valence-corrected chi connectivity index (χ2v) is 5.80. The molecule has 5 nitrogen and oxygen atoms in total. The zero-order chi connectivity index (χ0) is 16.1. The van der Waals surface area contributed by atoms with E-state index >= 15 is 0 Å².